The highest BCUT2D eigenvalue weighted by molar-refractivity contribution is 7.99. The van der Waals surface area contributed by atoms with Gasteiger partial charge in [0, 0.05) is 5.75 Å². The van der Waals surface area contributed by atoms with Crippen molar-refractivity contribution in [1.29, 1.82) is 0 Å². The van der Waals surface area contributed by atoms with Gasteiger partial charge >= 0.3 is 5.97 Å². The fourth-order valence-corrected chi connectivity index (χ4v) is 2.35. The number of carbonyl (C=O) groups is 1. The van der Waals surface area contributed by atoms with Gasteiger partial charge in [0.1, 0.15) is 5.70 Å². The number of thioether (sulfide) groups is 1. The van der Waals surface area contributed by atoms with Crippen LogP contribution in [0.25, 0.3) is 0 Å². The molecule has 60 valence electrons. The summed E-state index contributed by atoms with van der Waals surface area (Å²) in [4.78, 5) is 12.6. The molecule has 0 spiro atoms. The molecule has 0 amide bonds. The first kappa shape index (κ1) is 6.84. The van der Waals surface area contributed by atoms with E-state index in [2.05, 4.69) is 5.32 Å². The summed E-state index contributed by atoms with van der Waals surface area (Å²) in [6.07, 6.45) is 0. The Morgan fingerprint density at radius 2 is 2.55 bits per heavy atom. The molecule has 2 heterocycles. The molecule has 5 heteroatoms. The van der Waals surface area contributed by atoms with Crippen LogP contribution < -0.4 is 5.32 Å². The molecular formula is C6H8N2O2S. The van der Waals surface area contributed by atoms with Crippen LogP contribution in [0, 0.1) is 0 Å². The van der Waals surface area contributed by atoms with E-state index in [-0.39, 0.29) is 0 Å². The van der Waals surface area contributed by atoms with Crippen molar-refractivity contribution in [2.45, 2.75) is 0 Å². The van der Waals surface area contributed by atoms with Crippen molar-refractivity contribution >= 4 is 17.7 Å². The van der Waals surface area contributed by atoms with Crippen LogP contribution in [-0.4, -0.2) is 34.3 Å². The smallest absolute Gasteiger partial charge is 0.353 e. The van der Waals surface area contributed by atoms with Crippen LogP contribution in [0.5, 0.6) is 0 Å². The van der Waals surface area contributed by atoms with Gasteiger partial charge in [0.25, 0.3) is 0 Å². The van der Waals surface area contributed by atoms with E-state index >= 15 is 0 Å². The summed E-state index contributed by atoms with van der Waals surface area (Å²) in [5.74, 6) is 0.901. The lowest BCUT2D eigenvalue weighted by molar-refractivity contribution is -0.133. The lowest BCUT2D eigenvalue weighted by Gasteiger charge is -2.08. The Labute approximate surface area is 68.3 Å². The number of nitrogens with zero attached hydrogens (tertiary/aromatic N) is 1. The number of hydrogen-bond acceptors (Lipinski definition) is 4. The zero-order chi connectivity index (χ0) is 7.84. The molecule has 0 aromatic carbocycles. The Balaban J connectivity index is 2.30. The third-order valence-corrected chi connectivity index (χ3v) is 2.79. The number of carboxylic acids is 1. The third kappa shape index (κ3) is 0.956. The van der Waals surface area contributed by atoms with Crippen LogP contribution in [0.3, 0.4) is 0 Å². The van der Waals surface area contributed by atoms with Crippen LogP contribution in [0.15, 0.2) is 11.4 Å². The molecule has 1 saturated heterocycles. The van der Waals surface area contributed by atoms with E-state index in [1.54, 1.807) is 11.8 Å². The Bertz CT molecular complexity index is 239. The lowest BCUT2D eigenvalue weighted by atomic mass is 10.3. The van der Waals surface area contributed by atoms with Crippen LogP contribution in [0.1, 0.15) is 0 Å². The third-order valence-electron chi connectivity index (χ3n) is 1.82. The largest absolute Gasteiger partial charge is 0.477 e. The van der Waals surface area contributed by atoms with Crippen molar-refractivity contribution in [3.05, 3.63) is 11.4 Å². The number of fused-ring (bicyclic) bond motifs is 1. The van der Waals surface area contributed by atoms with Crippen LogP contribution in [-0.2, 0) is 4.79 Å². The molecular weight excluding hydrogens is 164 g/mol. The highest BCUT2D eigenvalue weighted by Crippen LogP contribution is 2.28. The maximum absolute atomic E-state index is 10.6. The van der Waals surface area contributed by atoms with Crippen molar-refractivity contribution in [3.63, 3.8) is 0 Å². The van der Waals surface area contributed by atoms with Crippen LogP contribution in [0.4, 0.5) is 0 Å². The molecule has 2 N–H and O–H groups in total. The molecule has 0 aliphatic carbocycles. The first-order valence-electron chi connectivity index (χ1n) is 3.32. The van der Waals surface area contributed by atoms with Gasteiger partial charge in [-0.25, -0.2) is 4.79 Å². The lowest BCUT2D eigenvalue weighted by Crippen LogP contribution is -2.21. The number of hydrogen-bond donors (Lipinski definition) is 2. The predicted molar refractivity (Wildman–Crippen MR) is 41.8 cm³/mol. The van der Waals surface area contributed by atoms with Crippen molar-refractivity contribution < 1.29 is 9.90 Å². The molecule has 0 bridgehead atoms. The van der Waals surface area contributed by atoms with E-state index < -0.39 is 5.97 Å². The maximum atomic E-state index is 10.6. The van der Waals surface area contributed by atoms with Crippen molar-refractivity contribution in [2.24, 2.45) is 0 Å². The van der Waals surface area contributed by atoms with E-state index in [9.17, 15) is 4.79 Å². The van der Waals surface area contributed by atoms with Gasteiger partial charge in [-0.2, -0.15) is 0 Å². The van der Waals surface area contributed by atoms with Gasteiger partial charge in [-0.15, -0.1) is 11.8 Å². The summed E-state index contributed by atoms with van der Waals surface area (Å²) in [6.45, 7) is 0.657. The second-order valence-electron chi connectivity index (χ2n) is 2.48. The topological polar surface area (TPSA) is 52.6 Å². The molecule has 1 fully saturated rings. The normalized spacial score (nSPS) is 22.0. The van der Waals surface area contributed by atoms with Crippen LogP contribution in [0.2, 0.25) is 0 Å². The van der Waals surface area contributed by atoms with Gasteiger partial charge in [-0.05, 0) is 0 Å². The number of nitrogens with one attached hydrogen (secondary N) is 1. The van der Waals surface area contributed by atoms with Gasteiger partial charge in [0.2, 0.25) is 0 Å². The van der Waals surface area contributed by atoms with Crippen molar-refractivity contribution in [1.82, 2.24) is 10.2 Å². The highest BCUT2D eigenvalue weighted by atomic mass is 32.2. The zero-order valence-electron chi connectivity index (χ0n) is 5.83. The fraction of sp³-hybridized carbons (Fsp3) is 0.500. The molecule has 0 unspecified atom stereocenters. The molecule has 11 heavy (non-hydrogen) atoms. The molecule has 0 saturated carbocycles. The van der Waals surface area contributed by atoms with E-state index in [1.807, 2.05) is 4.90 Å². The summed E-state index contributed by atoms with van der Waals surface area (Å²) in [5.41, 5.74) is 1.33. The second-order valence-corrected chi connectivity index (χ2v) is 3.43. The Hall–Kier alpha value is -0.840. The maximum Gasteiger partial charge on any atom is 0.353 e. The monoisotopic (exact) mass is 172 g/mol. The standard InChI is InChI=1S/C6H8N2O2S/c9-6(10)5-4-1-11-3-8(4)2-7-5/h7H,1-3H2,(H,9,10). The Morgan fingerprint density at radius 3 is 3.27 bits per heavy atom. The second kappa shape index (κ2) is 2.34. The van der Waals surface area contributed by atoms with Gasteiger partial charge in [-0.1, -0.05) is 0 Å². The fourth-order valence-electron chi connectivity index (χ4n) is 1.27. The molecule has 0 atom stereocenters. The van der Waals surface area contributed by atoms with Crippen molar-refractivity contribution in [3.8, 4) is 0 Å². The predicted octanol–water partition coefficient (Wildman–Crippen LogP) is -0.150. The summed E-state index contributed by atoms with van der Waals surface area (Å²) in [6, 6.07) is 0. The first-order valence-corrected chi connectivity index (χ1v) is 4.47. The molecule has 2 rings (SSSR count). The molecule has 0 radical (unpaired) electrons. The number of carboxylic acid groups (broad SMARTS) is 1. The van der Waals surface area contributed by atoms with E-state index in [1.165, 1.54) is 0 Å². The van der Waals surface area contributed by atoms with Gasteiger partial charge in [-0.3, -0.25) is 0 Å². The minimum atomic E-state index is -0.843. The van der Waals surface area contributed by atoms with Crippen molar-refractivity contribution in [2.75, 3.05) is 18.3 Å². The van der Waals surface area contributed by atoms with Gasteiger partial charge < -0.3 is 15.3 Å². The highest BCUT2D eigenvalue weighted by Gasteiger charge is 2.29. The Kier molecular flexibility index (Phi) is 1.45. The van der Waals surface area contributed by atoms with Gasteiger partial charge in [0.05, 0.1) is 18.2 Å². The minimum absolute atomic E-state index is 0.384. The number of aliphatic carboxylic acids is 1. The Morgan fingerprint density at radius 1 is 1.73 bits per heavy atom. The SMILES string of the molecule is O=C(O)C1=C2CSCN2CN1. The molecule has 4 nitrogen and oxygen atoms in total. The molecule has 2 aliphatic rings. The summed E-state index contributed by atoms with van der Waals surface area (Å²) < 4.78 is 0. The molecule has 0 aromatic rings. The summed E-state index contributed by atoms with van der Waals surface area (Å²) >= 11 is 1.75. The summed E-state index contributed by atoms with van der Waals surface area (Å²) in [5, 5.41) is 11.6. The summed E-state index contributed by atoms with van der Waals surface area (Å²) in [7, 11) is 0. The minimum Gasteiger partial charge on any atom is -0.477 e. The first-order chi connectivity index (χ1) is 5.29. The zero-order valence-corrected chi connectivity index (χ0v) is 6.65. The van der Waals surface area contributed by atoms with E-state index in [0.29, 0.717) is 12.4 Å². The average Bonchev–Trinajstić information content (AvgIpc) is 2.41. The molecule has 0 aromatic heterocycles. The van der Waals surface area contributed by atoms with E-state index in [0.717, 1.165) is 17.3 Å². The molecule has 2 aliphatic heterocycles. The van der Waals surface area contributed by atoms with E-state index in [4.69, 9.17) is 5.11 Å². The van der Waals surface area contributed by atoms with Gasteiger partial charge in [0.15, 0.2) is 0 Å². The quantitative estimate of drug-likeness (QED) is 0.576. The average molecular weight is 172 g/mol. The van der Waals surface area contributed by atoms with Crippen LogP contribution >= 0.6 is 11.8 Å². The number of rotatable bonds is 1.